The number of rotatable bonds is 4. The van der Waals surface area contributed by atoms with Gasteiger partial charge in [-0.25, -0.2) is 0 Å². The number of aromatic nitrogens is 3. The average Bonchev–Trinajstić information content (AvgIpc) is 3.01. The van der Waals surface area contributed by atoms with Gasteiger partial charge in [-0.05, 0) is 32.9 Å². The maximum absolute atomic E-state index is 12.1. The first-order valence-electron chi connectivity index (χ1n) is 7.77. The zero-order valence-corrected chi connectivity index (χ0v) is 13.9. The molecule has 0 bridgehead atoms. The number of hydrogen-bond acceptors (Lipinski definition) is 4. The Morgan fingerprint density at radius 1 is 1.29 bits per heavy atom. The summed E-state index contributed by atoms with van der Waals surface area (Å²) in [6, 6.07) is 9.39. The highest BCUT2D eigenvalue weighted by Gasteiger charge is 2.15. The summed E-state index contributed by atoms with van der Waals surface area (Å²) in [6.07, 6.45) is 0. The number of carbonyl (C=O) groups is 1. The molecule has 3 aromatic rings. The molecule has 7 nitrogen and oxygen atoms in total. The van der Waals surface area contributed by atoms with E-state index in [9.17, 15) is 9.90 Å². The number of para-hydroxylation sites is 1. The summed E-state index contributed by atoms with van der Waals surface area (Å²) in [6.45, 7) is 6.30. The minimum atomic E-state index is -0.422. The molecule has 0 atom stereocenters. The number of aromatic hydroxyl groups is 1. The standard InChI is InChI=1S/C17H19N5O2/c1-4-21-14-8-6-5-7-13(14)16(17(21)24)19-18-15(23)10-22-12(3)9-11(2)20-22/h5-9,24H,4,10H2,1-3H3. The number of carbonyl (C=O) groups excluding carboxylic acids is 1. The maximum Gasteiger partial charge on any atom is 0.286 e. The Hall–Kier alpha value is -2.96. The number of aryl methyl sites for hydroxylation is 3. The predicted octanol–water partition coefficient (Wildman–Crippen LogP) is 3.49. The normalized spacial score (nSPS) is 11.6. The molecule has 1 aromatic carbocycles. The van der Waals surface area contributed by atoms with Crippen LogP contribution in [0.1, 0.15) is 18.3 Å². The lowest BCUT2D eigenvalue weighted by Crippen LogP contribution is -2.10. The lowest BCUT2D eigenvalue weighted by molar-refractivity contribution is -0.119. The number of amides is 1. The minimum Gasteiger partial charge on any atom is -0.493 e. The highest BCUT2D eigenvalue weighted by atomic mass is 16.3. The Morgan fingerprint density at radius 2 is 2.04 bits per heavy atom. The second-order valence-electron chi connectivity index (χ2n) is 5.61. The predicted molar refractivity (Wildman–Crippen MR) is 90.5 cm³/mol. The molecule has 0 aliphatic rings. The molecule has 0 aliphatic carbocycles. The van der Waals surface area contributed by atoms with Crippen LogP contribution >= 0.6 is 0 Å². The molecule has 24 heavy (non-hydrogen) atoms. The van der Waals surface area contributed by atoms with Crippen LogP contribution in [0.4, 0.5) is 5.69 Å². The Morgan fingerprint density at radius 3 is 2.71 bits per heavy atom. The summed E-state index contributed by atoms with van der Waals surface area (Å²) in [7, 11) is 0. The van der Waals surface area contributed by atoms with E-state index in [2.05, 4.69) is 15.3 Å². The first-order chi connectivity index (χ1) is 11.5. The van der Waals surface area contributed by atoms with E-state index in [4.69, 9.17) is 0 Å². The van der Waals surface area contributed by atoms with Crippen molar-refractivity contribution in [1.82, 2.24) is 14.3 Å². The fourth-order valence-electron chi connectivity index (χ4n) is 2.79. The van der Waals surface area contributed by atoms with Crippen LogP contribution in [0.25, 0.3) is 10.9 Å². The van der Waals surface area contributed by atoms with Gasteiger partial charge in [-0.3, -0.25) is 9.48 Å². The number of hydrogen-bond donors (Lipinski definition) is 1. The van der Waals surface area contributed by atoms with E-state index in [-0.39, 0.29) is 12.4 Å². The van der Waals surface area contributed by atoms with Crippen molar-refractivity contribution in [2.45, 2.75) is 33.9 Å². The Kier molecular flexibility index (Phi) is 4.16. The van der Waals surface area contributed by atoms with E-state index < -0.39 is 5.91 Å². The van der Waals surface area contributed by atoms with Gasteiger partial charge in [-0.15, -0.1) is 10.2 Å². The lowest BCUT2D eigenvalue weighted by atomic mass is 10.2. The van der Waals surface area contributed by atoms with Crippen molar-refractivity contribution in [3.8, 4) is 5.88 Å². The van der Waals surface area contributed by atoms with Crippen molar-refractivity contribution >= 4 is 22.5 Å². The topological polar surface area (TPSA) is 84.8 Å². The molecule has 0 fully saturated rings. The van der Waals surface area contributed by atoms with Crippen LogP contribution in [0.2, 0.25) is 0 Å². The molecule has 1 amide bonds. The molecule has 2 heterocycles. The molecule has 124 valence electrons. The van der Waals surface area contributed by atoms with Crippen LogP contribution in [0.15, 0.2) is 40.6 Å². The van der Waals surface area contributed by atoms with E-state index in [1.807, 2.05) is 51.1 Å². The van der Waals surface area contributed by atoms with Gasteiger partial charge in [0, 0.05) is 17.6 Å². The van der Waals surface area contributed by atoms with Crippen molar-refractivity contribution in [3.63, 3.8) is 0 Å². The van der Waals surface area contributed by atoms with Crippen LogP contribution in [0, 0.1) is 13.8 Å². The monoisotopic (exact) mass is 325 g/mol. The summed E-state index contributed by atoms with van der Waals surface area (Å²) in [5, 5.41) is 23.1. The quantitative estimate of drug-likeness (QED) is 0.745. The van der Waals surface area contributed by atoms with E-state index in [1.165, 1.54) is 0 Å². The first kappa shape index (κ1) is 15.9. The van der Waals surface area contributed by atoms with Crippen molar-refractivity contribution in [3.05, 3.63) is 41.7 Å². The summed E-state index contributed by atoms with van der Waals surface area (Å²) in [5.41, 5.74) is 2.91. The van der Waals surface area contributed by atoms with Gasteiger partial charge in [0.15, 0.2) is 5.69 Å². The molecule has 0 saturated heterocycles. The third-order valence-corrected chi connectivity index (χ3v) is 3.88. The molecular formula is C17H19N5O2. The minimum absolute atomic E-state index is 0.0152. The molecule has 0 spiro atoms. The van der Waals surface area contributed by atoms with Crippen molar-refractivity contribution in [1.29, 1.82) is 0 Å². The van der Waals surface area contributed by atoms with Gasteiger partial charge in [0.05, 0.1) is 11.2 Å². The van der Waals surface area contributed by atoms with Crippen LogP contribution < -0.4 is 0 Å². The van der Waals surface area contributed by atoms with E-state index in [0.717, 1.165) is 22.3 Å². The largest absolute Gasteiger partial charge is 0.493 e. The van der Waals surface area contributed by atoms with E-state index in [1.54, 1.807) is 9.25 Å². The van der Waals surface area contributed by atoms with Gasteiger partial charge in [0.25, 0.3) is 5.91 Å². The average molecular weight is 325 g/mol. The number of nitrogens with zero attached hydrogens (tertiary/aromatic N) is 5. The maximum atomic E-state index is 12.1. The summed E-state index contributed by atoms with van der Waals surface area (Å²) in [4.78, 5) is 12.1. The second kappa shape index (κ2) is 6.27. The van der Waals surface area contributed by atoms with Crippen molar-refractivity contribution < 1.29 is 9.90 Å². The Bertz CT molecular complexity index is 936. The molecule has 0 unspecified atom stereocenters. The van der Waals surface area contributed by atoms with Gasteiger partial charge in [-0.2, -0.15) is 5.10 Å². The van der Waals surface area contributed by atoms with Crippen LogP contribution in [0.5, 0.6) is 5.88 Å². The molecule has 3 rings (SSSR count). The molecule has 7 heteroatoms. The summed E-state index contributed by atoms with van der Waals surface area (Å²) >= 11 is 0. The van der Waals surface area contributed by atoms with Crippen LogP contribution in [-0.4, -0.2) is 25.4 Å². The fourth-order valence-corrected chi connectivity index (χ4v) is 2.79. The van der Waals surface area contributed by atoms with Crippen LogP contribution in [0.3, 0.4) is 0 Å². The summed E-state index contributed by atoms with van der Waals surface area (Å²) in [5.74, 6) is -0.407. The zero-order valence-electron chi connectivity index (χ0n) is 13.9. The van der Waals surface area contributed by atoms with Crippen LogP contribution in [-0.2, 0) is 17.9 Å². The molecule has 2 aromatic heterocycles. The molecular weight excluding hydrogens is 306 g/mol. The van der Waals surface area contributed by atoms with Crippen molar-refractivity contribution in [2.24, 2.45) is 10.2 Å². The van der Waals surface area contributed by atoms with Gasteiger partial charge >= 0.3 is 0 Å². The second-order valence-corrected chi connectivity index (χ2v) is 5.61. The Balaban J connectivity index is 1.89. The first-order valence-corrected chi connectivity index (χ1v) is 7.77. The number of benzene rings is 1. The zero-order chi connectivity index (χ0) is 17.3. The highest BCUT2D eigenvalue weighted by molar-refractivity contribution is 5.95. The number of azo groups is 1. The molecule has 0 saturated carbocycles. The van der Waals surface area contributed by atoms with Gasteiger partial charge in [0.1, 0.15) is 6.54 Å². The third-order valence-electron chi connectivity index (χ3n) is 3.88. The molecule has 1 N–H and O–H groups in total. The summed E-state index contributed by atoms with van der Waals surface area (Å²) < 4.78 is 3.32. The number of fused-ring (bicyclic) bond motifs is 1. The fraction of sp³-hybridized carbons (Fsp3) is 0.294. The van der Waals surface area contributed by atoms with E-state index in [0.29, 0.717) is 12.2 Å². The van der Waals surface area contributed by atoms with Gasteiger partial charge in [0.2, 0.25) is 5.88 Å². The third kappa shape index (κ3) is 2.80. The Labute approximate surface area is 139 Å². The molecule has 0 aliphatic heterocycles. The lowest BCUT2D eigenvalue weighted by Gasteiger charge is -2.01. The van der Waals surface area contributed by atoms with Gasteiger partial charge in [-0.1, -0.05) is 18.2 Å². The molecule has 0 radical (unpaired) electrons. The smallest absolute Gasteiger partial charge is 0.286 e. The van der Waals surface area contributed by atoms with Crippen molar-refractivity contribution in [2.75, 3.05) is 0 Å². The van der Waals surface area contributed by atoms with Gasteiger partial charge < -0.3 is 9.67 Å². The SMILES string of the molecule is CCn1c(O)c(N=NC(=O)Cn2nc(C)cc2C)c2ccccc21. The van der Waals surface area contributed by atoms with E-state index >= 15 is 0 Å². The highest BCUT2D eigenvalue weighted by Crippen LogP contribution is 2.38.